The van der Waals surface area contributed by atoms with Gasteiger partial charge in [-0.05, 0) is 37.8 Å². The number of aromatic nitrogens is 1. The van der Waals surface area contributed by atoms with Crippen LogP contribution in [0.15, 0.2) is 57.9 Å². The first-order valence-electron chi connectivity index (χ1n) is 14.1. The molecule has 10 heteroatoms. The molecule has 0 radical (unpaired) electrons. The summed E-state index contributed by atoms with van der Waals surface area (Å²) in [7, 11) is -2.16. The molecule has 1 unspecified atom stereocenters. The smallest absolute Gasteiger partial charge is 0.314 e. The van der Waals surface area contributed by atoms with Gasteiger partial charge in [0.15, 0.2) is 11.9 Å². The molecule has 1 aromatic heterocycles. The number of anilines is 1. The van der Waals surface area contributed by atoms with Crippen LogP contribution in [0, 0.1) is 19.8 Å². The van der Waals surface area contributed by atoms with Crippen LogP contribution in [0.5, 0.6) is 0 Å². The number of hydrogen-bond donors (Lipinski definition) is 2. The van der Waals surface area contributed by atoms with E-state index in [0.29, 0.717) is 41.8 Å². The minimum absolute atomic E-state index is 0.00660. The van der Waals surface area contributed by atoms with E-state index in [9.17, 15) is 18.0 Å². The van der Waals surface area contributed by atoms with Gasteiger partial charge in [-0.1, -0.05) is 81.2 Å². The van der Waals surface area contributed by atoms with Crippen molar-refractivity contribution in [1.82, 2.24) is 5.16 Å². The number of nitrogens with zero attached hydrogens (tertiary/aromatic N) is 2. The lowest BCUT2D eigenvalue weighted by molar-refractivity contribution is -0.865. The number of likely N-dealkylation sites (N-methyl/N-ethyl adjacent to an activating group) is 1. The molecule has 0 bridgehead atoms. The van der Waals surface area contributed by atoms with Gasteiger partial charge in [0.1, 0.15) is 12.3 Å². The van der Waals surface area contributed by atoms with Gasteiger partial charge >= 0.3 is 5.91 Å². The zero-order valence-corrected chi connectivity index (χ0v) is 25.8. The van der Waals surface area contributed by atoms with Gasteiger partial charge in [-0.25, -0.2) is 17.7 Å². The monoisotopic (exact) mass is 583 g/mol. The number of amides is 2. The molecule has 1 heterocycles. The highest BCUT2D eigenvalue weighted by molar-refractivity contribution is 7.92. The number of aryl methyl sites for hydroxylation is 1. The average molecular weight is 584 g/mol. The highest BCUT2D eigenvalue weighted by Crippen LogP contribution is 2.31. The van der Waals surface area contributed by atoms with Crippen molar-refractivity contribution in [3.8, 4) is 11.1 Å². The summed E-state index contributed by atoms with van der Waals surface area (Å²) in [6.45, 7) is 9.87. The quantitative estimate of drug-likeness (QED) is 0.184. The fraction of sp³-hybridized carbons (Fsp3) is 0.452. The molecule has 0 fully saturated rings. The molecule has 0 saturated carbocycles. The molecule has 2 aromatic carbocycles. The van der Waals surface area contributed by atoms with E-state index in [0.717, 1.165) is 24.8 Å². The number of nitrogens with two attached hydrogens (primary N) is 1. The predicted octanol–water partition coefficient (Wildman–Crippen LogP) is 5.71. The van der Waals surface area contributed by atoms with Gasteiger partial charge in [0, 0.05) is 23.1 Å². The summed E-state index contributed by atoms with van der Waals surface area (Å²) < 4.78 is 34.2. The molecule has 0 saturated heterocycles. The summed E-state index contributed by atoms with van der Waals surface area (Å²) in [6, 6.07) is 13.5. The van der Waals surface area contributed by atoms with Gasteiger partial charge in [-0.2, -0.15) is 0 Å². The lowest BCUT2D eigenvalue weighted by atomic mass is 9.97. The van der Waals surface area contributed by atoms with Crippen LogP contribution >= 0.6 is 0 Å². The first kappa shape index (κ1) is 32.0. The maximum atomic E-state index is 13.6. The van der Waals surface area contributed by atoms with Gasteiger partial charge < -0.3 is 10.3 Å². The lowest BCUT2D eigenvalue weighted by Crippen LogP contribution is -2.60. The van der Waals surface area contributed by atoms with Gasteiger partial charge in [0.2, 0.25) is 0 Å². The molecule has 0 aliphatic heterocycles. The Balaban J connectivity index is 1.94. The Morgan fingerprint density at radius 3 is 2.27 bits per heavy atom. The number of sulfonamides is 1. The molecule has 3 aromatic rings. The maximum absolute atomic E-state index is 13.6. The van der Waals surface area contributed by atoms with Crippen molar-refractivity contribution in [3.05, 3.63) is 65.4 Å². The first-order chi connectivity index (χ1) is 19.3. The molecule has 9 nitrogen and oxygen atoms in total. The van der Waals surface area contributed by atoms with Crippen LogP contribution in [0.25, 0.3) is 11.1 Å². The highest BCUT2D eigenvalue weighted by atomic mass is 32.2. The zero-order valence-electron chi connectivity index (χ0n) is 24.9. The largest absolute Gasteiger partial charge is 0.364 e. The fourth-order valence-corrected chi connectivity index (χ4v) is 6.32. The van der Waals surface area contributed by atoms with E-state index in [1.54, 1.807) is 45.2 Å². The summed E-state index contributed by atoms with van der Waals surface area (Å²) in [4.78, 5) is 26.3. The highest BCUT2D eigenvalue weighted by Gasteiger charge is 2.43. The minimum Gasteiger partial charge on any atom is -0.364 e. The molecule has 3 N–H and O–H groups in total. The van der Waals surface area contributed by atoms with E-state index in [4.69, 9.17) is 10.3 Å². The average Bonchev–Trinajstić information content (AvgIpc) is 3.23. The fourth-order valence-electron chi connectivity index (χ4n) is 5.03. The number of unbranched alkanes of at least 4 members (excludes halogenated alkanes) is 2. The van der Waals surface area contributed by atoms with E-state index >= 15 is 0 Å². The van der Waals surface area contributed by atoms with E-state index in [1.807, 2.05) is 38.1 Å². The van der Waals surface area contributed by atoms with Crippen LogP contribution in [-0.2, 0) is 26.2 Å². The Labute approximate surface area is 243 Å². The summed E-state index contributed by atoms with van der Waals surface area (Å²) >= 11 is 0. The second-order valence-corrected chi connectivity index (χ2v) is 13.0. The summed E-state index contributed by atoms with van der Waals surface area (Å²) in [5.74, 6) is 0.387. The summed E-state index contributed by atoms with van der Waals surface area (Å²) in [6.07, 6.45) is 3.59. The molecule has 0 aliphatic carbocycles. The molecular weight excluding hydrogens is 540 g/mol. The third kappa shape index (κ3) is 7.62. The molecule has 2 atom stereocenters. The van der Waals surface area contributed by atoms with Crippen molar-refractivity contribution in [2.75, 3.05) is 11.8 Å². The normalized spacial score (nSPS) is 14.0. The number of carbonyl (C=O) groups is 2. The number of primary amides is 1. The Kier molecular flexibility index (Phi) is 10.5. The standard InChI is InChI=1S/C31H42N4O5S/c1-7-8-9-14-29(36)35(6,27(30(32)37)19-21(2)3)20-24-15-17-25(18-16-24)26-12-10-11-13-28(26)41(38,39)34-31-22(4)23(5)40-33-31/h10-13,15-18,21,27H,7-9,14,19-20H2,1-6H3,(H2-,32,33,34,37)/p+1/t27-,35?/m0/s1. The van der Waals surface area contributed by atoms with Gasteiger partial charge in [0.05, 0.1) is 18.4 Å². The lowest BCUT2D eigenvalue weighted by Gasteiger charge is -2.38. The Morgan fingerprint density at radius 1 is 1.05 bits per heavy atom. The summed E-state index contributed by atoms with van der Waals surface area (Å²) in [5.41, 5.74) is 8.54. The van der Waals surface area contributed by atoms with Crippen LogP contribution in [0.1, 0.15) is 69.8 Å². The third-order valence-electron chi connectivity index (χ3n) is 7.62. The topological polar surface area (TPSA) is 132 Å². The van der Waals surface area contributed by atoms with Crippen LogP contribution in [0.4, 0.5) is 5.82 Å². The second kappa shape index (κ2) is 13.4. The van der Waals surface area contributed by atoms with Crippen LogP contribution in [0.3, 0.4) is 0 Å². The van der Waals surface area contributed by atoms with Crippen LogP contribution in [-0.4, -0.2) is 43.0 Å². The SMILES string of the molecule is CCCCCC(=O)[N+](C)(Cc1ccc(-c2ccccc2S(=O)(=O)Nc2noc(C)c2C)cc1)[C@@H](CC(C)C)C(N)=O. The molecule has 3 rings (SSSR count). The van der Waals surface area contributed by atoms with Crippen molar-refractivity contribution in [3.63, 3.8) is 0 Å². The van der Waals surface area contributed by atoms with Crippen molar-refractivity contribution in [2.24, 2.45) is 11.7 Å². The Morgan fingerprint density at radius 2 is 1.71 bits per heavy atom. The number of quaternary nitrogens is 1. The van der Waals surface area contributed by atoms with Gasteiger partial charge in [-0.3, -0.25) is 9.52 Å². The predicted molar refractivity (Wildman–Crippen MR) is 160 cm³/mol. The number of benzene rings is 2. The number of nitrogens with one attached hydrogen (secondary N) is 1. The third-order valence-corrected chi connectivity index (χ3v) is 9.01. The Bertz CT molecular complexity index is 1460. The molecule has 0 aliphatic rings. The second-order valence-electron chi connectivity index (χ2n) is 11.3. The first-order valence-corrected chi connectivity index (χ1v) is 15.6. The molecule has 2 amide bonds. The molecule has 41 heavy (non-hydrogen) atoms. The van der Waals surface area contributed by atoms with Crippen LogP contribution in [0.2, 0.25) is 0 Å². The van der Waals surface area contributed by atoms with E-state index in [2.05, 4.69) is 16.8 Å². The number of rotatable bonds is 14. The summed E-state index contributed by atoms with van der Waals surface area (Å²) in [5, 5.41) is 3.83. The van der Waals surface area contributed by atoms with E-state index < -0.39 is 22.0 Å². The van der Waals surface area contributed by atoms with Crippen molar-refractivity contribution in [1.29, 1.82) is 0 Å². The number of hydrogen-bond acceptors (Lipinski definition) is 6. The van der Waals surface area contributed by atoms with E-state index in [-0.39, 0.29) is 27.0 Å². The molecule has 222 valence electrons. The van der Waals surface area contributed by atoms with E-state index in [1.165, 1.54) is 0 Å². The number of carbonyl (C=O) groups excluding carboxylic acids is 2. The minimum atomic E-state index is -3.97. The molecular formula is C31H43N4O5S+. The van der Waals surface area contributed by atoms with Gasteiger partial charge in [0.25, 0.3) is 15.9 Å². The van der Waals surface area contributed by atoms with Crippen LogP contribution < -0.4 is 10.5 Å². The van der Waals surface area contributed by atoms with Crippen molar-refractivity contribution in [2.45, 2.75) is 84.2 Å². The Hall–Kier alpha value is -3.50. The zero-order chi connectivity index (χ0) is 30.4. The van der Waals surface area contributed by atoms with Gasteiger partial charge in [-0.15, -0.1) is 0 Å². The van der Waals surface area contributed by atoms with Crippen molar-refractivity contribution < 1.29 is 27.0 Å². The maximum Gasteiger partial charge on any atom is 0.314 e. The molecule has 0 spiro atoms. The van der Waals surface area contributed by atoms with Crippen molar-refractivity contribution >= 4 is 27.7 Å².